The Morgan fingerprint density at radius 3 is 2.92 bits per heavy atom. The van der Waals surface area contributed by atoms with Gasteiger partial charge >= 0.3 is 6.09 Å². The van der Waals surface area contributed by atoms with Gasteiger partial charge in [-0.3, -0.25) is 5.32 Å². The Labute approximate surface area is 79.9 Å². The van der Waals surface area contributed by atoms with Crippen molar-refractivity contribution < 1.29 is 9.53 Å². The summed E-state index contributed by atoms with van der Waals surface area (Å²) in [6, 6.07) is 0. The van der Waals surface area contributed by atoms with Gasteiger partial charge in [-0.05, 0) is 13.8 Å². The third-order valence-corrected chi connectivity index (χ3v) is 2.21. The lowest BCUT2D eigenvalue weighted by molar-refractivity contribution is 0.168. The van der Waals surface area contributed by atoms with E-state index in [1.807, 2.05) is 0 Å². The Bertz CT molecular complexity index is 311. The monoisotopic (exact) mass is 201 g/mol. The van der Waals surface area contributed by atoms with Crippen molar-refractivity contribution in [1.29, 1.82) is 0 Å². The summed E-state index contributed by atoms with van der Waals surface area (Å²) in [5.74, 6) is 0. The zero-order valence-corrected chi connectivity index (χ0v) is 8.27. The number of aryl methyl sites for hydroxylation is 1. The lowest BCUT2D eigenvalue weighted by Crippen LogP contribution is -2.12. The number of aromatic nitrogens is 1. The molecule has 0 aliphatic carbocycles. The Hall–Kier alpha value is -1.30. The molecular weight excluding hydrogens is 190 g/mol. The summed E-state index contributed by atoms with van der Waals surface area (Å²) in [4.78, 5) is 14.9. The van der Waals surface area contributed by atoms with E-state index in [2.05, 4.69) is 10.3 Å². The summed E-state index contributed by atoms with van der Waals surface area (Å²) >= 11 is 1.22. The zero-order chi connectivity index (χ0) is 9.84. The Morgan fingerprint density at radius 2 is 2.46 bits per heavy atom. The molecule has 0 atom stereocenters. The molecule has 6 heteroatoms. The maximum atomic E-state index is 11.0. The van der Waals surface area contributed by atoms with Crippen LogP contribution in [0.1, 0.15) is 12.6 Å². The molecule has 3 N–H and O–H groups in total. The summed E-state index contributed by atoms with van der Waals surface area (Å²) in [5, 5.41) is 3.62. The molecular formula is C7H11N3O2S. The summed E-state index contributed by atoms with van der Waals surface area (Å²) in [6.45, 7) is 3.86. The van der Waals surface area contributed by atoms with E-state index in [1.54, 1.807) is 13.8 Å². The average molecular weight is 201 g/mol. The molecule has 0 saturated carbocycles. The number of carbonyl (C=O) groups excluding carboxylic acids is 1. The topological polar surface area (TPSA) is 77.2 Å². The molecule has 0 fully saturated rings. The molecule has 1 aromatic rings. The predicted octanol–water partition coefficient (Wildman–Crippen LogP) is 1.60. The van der Waals surface area contributed by atoms with E-state index >= 15 is 0 Å². The van der Waals surface area contributed by atoms with Crippen molar-refractivity contribution in [2.45, 2.75) is 13.8 Å². The zero-order valence-electron chi connectivity index (χ0n) is 7.46. The minimum Gasteiger partial charge on any atom is -0.450 e. The van der Waals surface area contributed by atoms with Gasteiger partial charge in [0.1, 0.15) is 5.00 Å². The van der Waals surface area contributed by atoms with E-state index < -0.39 is 6.09 Å². The fourth-order valence-corrected chi connectivity index (χ4v) is 1.51. The van der Waals surface area contributed by atoms with Crippen molar-refractivity contribution in [2.24, 2.45) is 0 Å². The van der Waals surface area contributed by atoms with Gasteiger partial charge in [0.2, 0.25) is 0 Å². The van der Waals surface area contributed by atoms with Crippen LogP contribution in [-0.4, -0.2) is 17.7 Å². The molecule has 0 aliphatic heterocycles. The highest BCUT2D eigenvalue weighted by Crippen LogP contribution is 2.25. The largest absolute Gasteiger partial charge is 0.450 e. The SMILES string of the molecule is CCOC(=O)Nc1sc(N)nc1C. The summed E-state index contributed by atoms with van der Waals surface area (Å²) in [7, 11) is 0. The standard InChI is InChI=1S/C7H11N3O2S/c1-3-12-7(11)10-5-4(2)9-6(8)13-5/h3H2,1-2H3,(H2,8,9)(H,10,11). The van der Waals surface area contributed by atoms with Crippen LogP contribution in [0.5, 0.6) is 0 Å². The van der Waals surface area contributed by atoms with Gasteiger partial charge in [-0.15, -0.1) is 0 Å². The first-order valence-electron chi connectivity index (χ1n) is 3.80. The number of thiazole rings is 1. The number of rotatable bonds is 2. The molecule has 1 heterocycles. The number of amides is 1. The maximum Gasteiger partial charge on any atom is 0.412 e. The van der Waals surface area contributed by atoms with Crippen LogP contribution in [-0.2, 0) is 4.74 Å². The molecule has 72 valence electrons. The number of carbonyl (C=O) groups is 1. The van der Waals surface area contributed by atoms with Gasteiger partial charge in [0.25, 0.3) is 0 Å². The van der Waals surface area contributed by atoms with Crippen LogP contribution < -0.4 is 11.1 Å². The number of anilines is 2. The molecule has 13 heavy (non-hydrogen) atoms. The number of hydrogen-bond acceptors (Lipinski definition) is 5. The highest BCUT2D eigenvalue weighted by atomic mass is 32.1. The first kappa shape index (κ1) is 9.79. The third kappa shape index (κ3) is 2.59. The van der Waals surface area contributed by atoms with Crippen LogP contribution in [0.3, 0.4) is 0 Å². The number of nitrogen functional groups attached to an aromatic ring is 1. The lowest BCUT2D eigenvalue weighted by atomic mass is 10.5. The summed E-state index contributed by atoms with van der Waals surface area (Å²) in [6.07, 6.45) is -0.478. The summed E-state index contributed by atoms with van der Waals surface area (Å²) in [5.41, 5.74) is 6.15. The number of nitrogens with zero attached hydrogens (tertiary/aromatic N) is 1. The number of nitrogens with two attached hydrogens (primary N) is 1. The van der Waals surface area contributed by atoms with Crippen molar-refractivity contribution in [2.75, 3.05) is 17.7 Å². The number of nitrogens with one attached hydrogen (secondary N) is 1. The Balaban J connectivity index is 2.63. The molecule has 0 bridgehead atoms. The molecule has 1 rings (SSSR count). The van der Waals surface area contributed by atoms with E-state index in [1.165, 1.54) is 11.3 Å². The Kier molecular flexibility index (Phi) is 3.07. The molecule has 0 radical (unpaired) electrons. The Morgan fingerprint density at radius 1 is 1.77 bits per heavy atom. The van der Waals surface area contributed by atoms with Crippen molar-refractivity contribution in [3.05, 3.63) is 5.69 Å². The van der Waals surface area contributed by atoms with E-state index in [9.17, 15) is 4.79 Å². The van der Waals surface area contributed by atoms with E-state index in [-0.39, 0.29) is 0 Å². The van der Waals surface area contributed by atoms with Crippen LogP contribution in [0.15, 0.2) is 0 Å². The molecule has 0 saturated heterocycles. The fourth-order valence-electron chi connectivity index (χ4n) is 0.793. The third-order valence-electron chi connectivity index (χ3n) is 1.30. The second-order valence-corrected chi connectivity index (χ2v) is 3.34. The second kappa shape index (κ2) is 4.08. The van der Waals surface area contributed by atoms with Gasteiger partial charge in [-0.2, -0.15) is 0 Å². The van der Waals surface area contributed by atoms with E-state index in [0.717, 1.165) is 0 Å². The van der Waals surface area contributed by atoms with E-state index in [0.29, 0.717) is 22.4 Å². The number of hydrogen-bond donors (Lipinski definition) is 2. The van der Waals surface area contributed by atoms with Crippen LogP contribution in [0.4, 0.5) is 14.9 Å². The highest BCUT2D eigenvalue weighted by Gasteiger charge is 2.08. The minimum atomic E-state index is -0.478. The van der Waals surface area contributed by atoms with Gasteiger partial charge < -0.3 is 10.5 Å². The van der Waals surface area contributed by atoms with Crippen molar-refractivity contribution >= 4 is 27.6 Å². The highest BCUT2D eigenvalue weighted by molar-refractivity contribution is 7.19. The van der Waals surface area contributed by atoms with Crippen LogP contribution in [0.2, 0.25) is 0 Å². The molecule has 1 aromatic heterocycles. The second-order valence-electron chi connectivity index (χ2n) is 2.31. The van der Waals surface area contributed by atoms with E-state index in [4.69, 9.17) is 10.5 Å². The molecule has 0 aliphatic rings. The quantitative estimate of drug-likeness (QED) is 0.761. The smallest absolute Gasteiger partial charge is 0.412 e. The molecule has 0 unspecified atom stereocenters. The predicted molar refractivity (Wildman–Crippen MR) is 51.9 cm³/mol. The van der Waals surface area contributed by atoms with Crippen molar-refractivity contribution in [1.82, 2.24) is 4.98 Å². The van der Waals surface area contributed by atoms with Gasteiger partial charge in [-0.25, -0.2) is 9.78 Å². The van der Waals surface area contributed by atoms with Gasteiger partial charge in [-0.1, -0.05) is 11.3 Å². The minimum absolute atomic E-state index is 0.346. The van der Waals surface area contributed by atoms with Crippen molar-refractivity contribution in [3.63, 3.8) is 0 Å². The first-order chi connectivity index (χ1) is 6.13. The van der Waals surface area contributed by atoms with Crippen LogP contribution >= 0.6 is 11.3 Å². The molecule has 1 amide bonds. The number of ether oxygens (including phenoxy) is 1. The van der Waals surface area contributed by atoms with Crippen LogP contribution in [0.25, 0.3) is 0 Å². The van der Waals surface area contributed by atoms with Gasteiger partial charge in [0, 0.05) is 0 Å². The molecule has 0 spiro atoms. The van der Waals surface area contributed by atoms with Gasteiger partial charge in [0.05, 0.1) is 12.3 Å². The molecule has 0 aromatic carbocycles. The van der Waals surface area contributed by atoms with Crippen molar-refractivity contribution in [3.8, 4) is 0 Å². The first-order valence-corrected chi connectivity index (χ1v) is 4.61. The maximum absolute atomic E-state index is 11.0. The average Bonchev–Trinajstić information content (AvgIpc) is 2.30. The summed E-state index contributed by atoms with van der Waals surface area (Å²) < 4.78 is 4.70. The van der Waals surface area contributed by atoms with Crippen LogP contribution in [0, 0.1) is 6.92 Å². The normalized spacial score (nSPS) is 9.69. The van der Waals surface area contributed by atoms with Gasteiger partial charge in [0.15, 0.2) is 5.13 Å². The molecule has 5 nitrogen and oxygen atoms in total. The lowest BCUT2D eigenvalue weighted by Gasteiger charge is -2.01. The fraction of sp³-hybridized carbons (Fsp3) is 0.429.